The van der Waals surface area contributed by atoms with Crippen LogP contribution >= 0.6 is 11.6 Å². The largest absolute Gasteiger partial charge is 0.488 e. The number of rotatable bonds is 14. The molecule has 1 amide bonds. The highest BCUT2D eigenvalue weighted by atomic mass is 35.5. The number of carbonyl (C=O) groups is 1. The number of unbranched alkanes of at least 4 members (excludes halogenated alkanes) is 5. The molecule has 2 aliphatic rings. The number of halogens is 1. The van der Waals surface area contributed by atoms with E-state index in [2.05, 4.69) is 34.1 Å². The lowest BCUT2D eigenvalue weighted by molar-refractivity contribution is 0.0258. The van der Waals surface area contributed by atoms with E-state index in [1.165, 1.54) is 25.7 Å². The predicted molar refractivity (Wildman–Crippen MR) is 157 cm³/mol. The topological polar surface area (TPSA) is 108 Å². The van der Waals surface area contributed by atoms with Crippen molar-refractivity contribution in [1.82, 2.24) is 14.8 Å². The van der Waals surface area contributed by atoms with Gasteiger partial charge in [0.1, 0.15) is 28.9 Å². The first-order chi connectivity index (χ1) is 19.0. The summed E-state index contributed by atoms with van der Waals surface area (Å²) in [6, 6.07) is 2.06. The minimum Gasteiger partial charge on any atom is -0.488 e. The number of ether oxygens (including phenoxy) is 2. The Morgan fingerprint density at radius 1 is 1.15 bits per heavy atom. The highest BCUT2D eigenvalue weighted by Crippen LogP contribution is 2.36. The number of nitrogen functional groups attached to an aromatic ring is 1. The average molecular weight is 561 g/mol. The molecule has 9 nitrogen and oxygen atoms in total. The van der Waals surface area contributed by atoms with Gasteiger partial charge in [0.05, 0.1) is 31.3 Å². The van der Waals surface area contributed by atoms with Crippen LogP contribution in [0.5, 0.6) is 5.75 Å². The van der Waals surface area contributed by atoms with Gasteiger partial charge < -0.3 is 25.4 Å². The molecular formula is C29H45ClN6O3. The molecule has 39 heavy (non-hydrogen) atoms. The molecule has 2 unspecified atom stereocenters. The molecule has 1 fully saturated rings. The number of nitrogens with one attached hydrogen (secondary N) is 1. The molecule has 2 aliphatic heterocycles. The molecule has 1 saturated heterocycles. The molecule has 0 aliphatic carbocycles. The number of amides is 1. The van der Waals surface area contributed by atoms with Gasteiger partial charge in [-0.1, -0.05) is 58.8 Å². The van der Waals surface area contributed by atoms with E-state index in [-0.39, 0.29) is 29.2 Å². The smallest absolute Gasteiger partial charge is 0.263 e. The number of nitrogens with two attached hydrogens (primary N) is 1. The summed E-state index contributed by atoms with van der Waals surface area (Å²) >= 11 is 6.73. The van der Waals surface area contributed by atoms with Gasteiger partial charge in [-0.05, 0) is 12.8 Å². The fourth-order valence-corrected chi connectivity index (χ4v) is 5.87. The third-order valence-electron chi connectivity index (χ3n) is 7.68. The van der Waals surface area contributed by atoms with E-state index in [1.54, 1.807) is 18.5 Å². The zero-order chi connectivity index (χ0) is 27.6. The molecule has 4 heterocycles. The molecule has 2 aromatic heterocycles. The summed E-state index contributed by atoms with van der Waals surface area (Å²) in [5.74, 6) is 1.27. The maximum Gasteiger partial charge on any atom is 0.263 e. The Bertz CT molecular complexity index is 1060. The second-order valence-corrected chi connectivity index (χ2v) is 11.4. The fraction of sp³-hybridized carbons (Fsp3) is 0.690. The van der Waals surface area contributed by atoms with Crippen LogP contribution in [-0.4, -0.2) is 58.0 Å². The van der Waals surface area contributed by atoms with Crippen LogP contribution in [-0.2, 0) is 11.3 Å². The van der Waals surface area contributed by atoms with E-state index in [4.69, 9.17) is 26.8 Å². The molecule has 0 saturated carbocycles. The van der Waals surface area contributed by atoms with Gasteiger partial charge in [0.2, 0.25) is 0 Å². The van der Waals surface area contributed by atoms with Crippen molar-refractivity contribution < 1.29 is 14.3 Å². The summed E-state index contributed by atoms with van der Waals surface area (Å²) < 4.78 is 13.5. The Labute approximate surface area is 237 Å². The second-order valence-electron chi connectivity index (χ2n) is 10.8. The van der Waals surface area contributed by atoms with Crippen LogP contribution in [0.3, 0.4) is 0 Å². The van der Waals surface area contributed by atoms with Gasteiger partial charge in [-0.15, -0.1) is 11.6 Å². The number of hydrogen-bond donors (Lipinski definition) is 2. The van der Waals surface area contributed by atoms with Crippen LogP contribution in [0.2, 0.25) is 0 Å². The van der Waals surface area contributed by atoms with Crippen molar-refractivity contribution in [3.05, 3.63) is 24.0 Å². The van der Waals surface area contributed by atoms with Crippen molar-refractivity contribution >= 4 is 34.8 Å². The summed E-state index contributed by atoms with van der Waals surface area (Å²) in [4.78, 5) is 20.3. The summed E-state index contributed by atoms with van der Waals surface area (Å²) in [6.07, 6.45) is 15.4. The molecule has 3 N–H and O–H groups in total. The first kappa shape index (κ1) is 29.5. The van der Waals surface area contributed by atoms with E-state index >= 15 is 0 Å². The number of nitrogens with zero attached hydrogens (tertiary/aromatic N) is 4. The summed E-state index contributed by atoms with van der Waals surface area (Å²) in [6.45, 7) is 6.99. The van der Waals surface area contributed by atoms with Gasteiger partial charge in [0.25, 0.3) is 5.91 Å². The minimum absolute atomic E-state index is 0.0403. The summed E-state index contributed by atoms with van der Waals surface area (Å²) in [5, 5.41) is 7.48. The van der Waals surface area contributed by atoms with Crippen LogP contribution in [0.15, 0.2) is 18.5 Å². The third kappa shape index (κ3) is 7.78. The van der Waals surface area contributed by atoms with Crippen LogP contribution in [0.1, 0.15) is 94.8 Å². The number of carbonyl (C=O) groups excluding carboxylic acids is 1. The van der Waals surface area contributed by atoms with Gasteiger partial charge in [0.15, 0.2) is 5.82 Å². The van der Waals surface area contributed by atoms with Crippen molar-refractivity contribution in [2.45, 2.75) is 109 Å². The number of anilines is 3. The van der Waals surface area contributed by atoms with Gasteiger partial charge in [-0.3, -0.25) is 9.78 Å². The lowest BCUT2D eigenvalue weighted by Gasteiger charge is -2.39. The molecule has 0 aromatic carbocycles. The second kappa shape index (κ2) is 14.7. The normalized spacial score (nSPS) is 18.5. The molecular weight excluding hydrogens is 516 g/mol. The Kier molecular flexibility index (Phi) is 11.1. The minimum atomic E-state index is -0.311. The first-order valence-electron chi connectivity index (χ1n) is 14.8. The Morgan fingerprint density at radius 2 is 1.90 bits per heavy atom. The standard InChI is InChI=1S/C29H45ClN6O3/c1-3-5-7-8-9-11-22(10-6-4-2)35-19-21(30)20-36-29(35)26(27(31)34-36)28(37)33-24-18-32-15-12-25(24)39-23-13-16-38-17-14-23/h12,15,18,21-23H,3-11,13-14,16-17,19-20H2,1-2H3,(H2,31,34)(H,33,37). The van der Waals surface area contributed by atoms with Crippen molar-refractivity contribution in [1.29, 1.82) is 0 Å². The quantitative estimate of drug-likeness (QED) is 0.215. The Balaban J connectivity index is 1.57. The highest BCUT2D eigenvalue weighted by Gasteiger charge is 2.35. The molecule has 0 bridgehead atoms. The van der Waals surface area contributed by atoms with E-state index in [9.17, 15) is 4.79 Å². The van der Waals surface area contributed by atoms with E-state index in [0.717, 1.165) is 50.8 Å². The SMILES string of the molecule is CCCCCCCC(CCCC)N1CC(Cl)Cn2nc(N)c(C(=O)Nc3cnccc3OC3CCOCC3)c21. The van der Waals surface area contributed by atoms with Gasteiger partial charge in [-0.25, -0.2) is 4.68 Å². The lowest BCUT2D eigenvalue weighted by Crippen LogP contribution is -2.46. The van der Waals surface area contributed by atoms with Crippen molar-refractivity contribution in [3.63, 3.8) is 0 Å². The fourth-order valence-electron chi connectivity index (χ4n) is 5.59. The maximum atomic E-state index is 13.8. The van der Waals surface area contributed by atoms with E-state index in [0.29, 0.717) is 43.3 Å². The number of hydrogen-bond acceptors (Lipinski definition) is 7. The molecule has 10 heteroatoms. The maximum absolute atomic E-state index is 13.8. The van der Waals surface area contributed by atoms with Crippen molar-refractivity contribution in [2.75, 3.05) is 35.7 Å². The van der Waals surface area contributed by atoms with Gasteiger partial charge in [0, 0.05) is 37.7 Å². The summed E-state index contributed by atoms with van der Waals surface area (Å²) in [7, 11) is 0. The number of aromatic nitrogens is 3. The van der Waals surface area contributed by atoms with Crippen LogP contribution in [0.25, 0.3) is 0 Å². The number of alkyl halides is 1. The zero-order valence-corrected chi connectivity index (χ0v) is 24.3. The van der Waals surface area contributed by atoms with Crippen LogP contribution in [0.4, 0.5) is 17.3 Å². The number of pyridine rings is 1. The monoisotopic (exact) mass is 560 g/mol. The van der Waals surface area contributed by atoms with Gasteiger partial charge in [-0.2, -0.15) is 5.10 Å². The molecule has 0 radical (unpaired) electrons. The molecule has 0 spiro atoms. The predicted octanol–water partition coefficient (Wildman–Crippen LogP) is 6.02. The molecule has 216 valence electrons. The van der Waals surface area contributed by atoms with Crippen LogP contribution < -0.4 is 20.7 Å². The average Bonchev–Trinajstić information content (AvgIpc) is 3.27. The zero-order valence-electron chi connectivity index (χ0n) is 23.5. The van der Waals surface area contributed by atoms with Crippen molar-refractivity contribution in [2.24, 2.45) is 0 Å². The molecule has 2 aromatic rings. The third-order valence-corrected chi connectivity index (χ3v) is 7.96. The molecule has 4 rings (SSSR count). The van der Waals surface area contributed by atoms with Crippen molar-refractivity contribution in [3.8, 4) is 5.75 Å². The Morgan fingerprint density at radius 3 is 2.67 bits per heavy atom. The van der Waals surface area contributed by atoms with Crippen LogP contribution in [0, 0.1) is 0 Å². The summed E-state index contributed by atoms with van der Waals surface area (Å²) in [5.41, 5.74) is 7.32. The van der Waals surface area contributed by atoms with E-state index < -0.39 is 0 Å². The Hall–Kier alpha value is -2.52. The highest BCUT2D eigenvalue weighted by molar-refractivity contribution is 6.21. The van der Waals surface area contributed by atoms with Gasteiger partial charge >= 0.3 is 0 Å². The number of fused-ring (bicyclic) bond motifs is 1. The first-order valence-corrected chi connectivity index (χ1v) is 15.2. The molecule has 2 atom stereocenters. The van der Waals surface area contributed by atoms with E-state index in [1.807, 2.05) is 4.68 Å². The lowest BCUT2D eigenvalue weighted by atomic mass is 9.99.